The maximum atomic E-state index is 5.54. The molecule has 3 aromatic rings. The van der Waals surface area contributed by atoms with Crippen molar-refractivity contribution < 1.29 is 4.74 Å². The highest BCUT2D eigenvalue weighted by Crippen LogP contribution is 2.48. The number of hydrogen-bond acceptors (Lipinski definition) is 1. The lowest BCUT2D eigenvalue weighted by Crippen LogP contribution is -2.33. The van der Waals surface area contributed by atoms with Gasteiger partial charge in [0.1, 0.15) is 5.75 Å². The molecule has 3 aromatic carbocycles. The second-order valence-corrected chi connectivity index (χ2v) is 9.51. The molecule has 0 saturated heterocycles. The first-order chi connectivity index (χ1) is 11.7. The zero-order valence-electron chi connectivity index (χ0n) is 15.7. The zero-order valence-corrected chi connectivity index (χ0v) is 17.3. The molecular weight excluding hydrogens is 372 g/mol. The van der Waals surface area contributed by atoms with Crippen LogP contribution < -0.4 is 4.74 Å². The van der Waals surface area contributed by atoms with E-state index in [1.54, 1.807) is 7.11 Å². The lowest BCUT2D eigenvalue weighted by molar-refractivity contribution is 0.332. The van der Waals surface area contributed by atoms with Crippen LogP contribution in [0.25, 0.3) is 21.5 Å². The van der Waals surface area contributed by atoms with E-state index < -0.39 is 0 Å². The Morgan fingerprint density at radius 2 is 1.32 bits per heavy atom. The fourth-order valence-corrected chi connectivity index (χ4v) is 4.80. The van der Waals surface area contributed by atoms with Gasteiger partial charge >= 0.3 is 0 Å². The minimum absolute atomic E-state index is 0.223. The summed E-state index contributed by atoms with van der Waals surface area (Å²) in [7, 11) is 1.73. The number of methoxy groups -OCH3 is 1. The van der Waals surface area contributed by atoms with E-state index in [1.807, 2.05) is 0 Å². The maximum absolute atomic E-state index is 5.54. The summed E-state index contributed by atoms with van der Waals surface area (Å²) in [4.78, 5) is 0. The molecule has 0 atom stereocenters. The molecule has 130 valence electrons. The number of rotatable bonds is 1. The van der Waals surface area contributed by atoms with Crippen LogP contribution in [0.4, 0.5) is 0 Å². The molecule has 0 radical (unpaired) electrons. The summed E-state index contributed by atoms with van der Waals surface area (Å²) in [5.41, 5.74) is 3.48. The summed E-state index contributed by atoms with van der Waals surface area (Å²) in [6, 6.07) is 13.7. The molecule has 0 aliphatic heterocycles. The number of ether oxygens (including phenoxy) is 1. The summed E-state index contributed by atoms with van der Waals surface area (Å²) in [6.45, 7) is 9.53. The van der Waals surface area contributed by atoms with Gasteiger partial charge in [-0.1, -0.05) is 45.9 Å². The molecule has 0 aromatic heterocycles. The van der Waals surface area contributed by atoms with E-state index in [0.29, 0.717) is 0 Å². The first-order valence-electron chi connectivity index (χ1n) is 8.98. The predicted octanol–water partition coefficient (Wildman–Crippen LogP) is 7.11. The largest absolute Gasteiger partial charge is 0.496 e. The van der Waals surface area contributed by atoms with E-state index in [1.165, 1.54) is 45.5 Å². The molecule has 0 fully saturated rings. The van der Waals surface area contributed by atoms with Gasteiger partial charge in [0.05, 0.1) is 11.6 Å². The number of benzene rings is 3. The van der Waals surface area contributed by atoms with Crippen molar-refractivity contribution in [3.63, 3.8) is 0 Å². The summed E-state index contributed by atoms with van der Waals surface area (Å²) in [5, 5.41) is 5.15. The monoisotopic (exact) mass is 396 g/mol. The topological polar surface area (TPSA) is 9.23 Å². The highest BCUT2D eigenvalue weighted by atomic mass is 79.9. The molecule has 2 heteroatoms. The van der Waals surface area contributed by atoms with Crippen molar-refractivity contribution in [1.82, 2.24) is 0 Å². The van der Waals surface area contributed by atoms with Gasteiger partial charge in [-0.25, -0.2) is 0 Å². The lowest BCUT2D eigenvalue weighted by atomic mass is 9.62. The van der Waals surface area contributed by atoms with Crippen molar-refractivity contribution >= 4 is 37.5 Å². The van der Waals surface area contributed by atoms with Crippen LogP contribution in [0.2, 0.25) is 0 Å². The quantitative estimate of drug-likeness (QED) is 0.398. The molecule has 25 heavy (non-hydrogen) atoms. The van der Waals surface area contributed by atoms with Gasteiger partial charge in [0.15, 0.2) is 0 Å². The third-order valence-corrected chi connectivity index (χ3v) is 6.70. The molecule has 0 heterocycles. The van der Waals surface area contributed by atoms with Crippen molar-refractivity contribution in [1.29, 1.82) is 0 Å². The maximum Gasteiger partial charge on any atom is 0.133 e. The average molecular weight is 397 g/mol. The summed E-state index contributed by atoms with van der Waals surface area (Å²) in [6.07, 6.45) is 2.48. The second kappa shape index (κ2) is 5.48. The molecule has 0 bridgehead atoms. The van der Waals surface area contributed by atoms with Crippen LogP contribution in [0.5, 0.6) is 5.75 Å². The van der Waals surface area contributed by atoms with Gasteiger partial charge < -0.3 is 4.74 Å². The van der Waals surface area contributed by atoms with Crippen LogP contribution in [-0.2, 0) is 10.8 Å². The van der Waals surface area contributed by atoms with Gasteiger partial charge in [-0.05, 0) is 90.5 Å². The van der Waals surface area contributed by atoms with E-state index in [2.05, 4.69) is 80.0 Å². The minimum atomic E-state index is 0.223. The van der Waals surface area contributed by atoms with Crippen molar-refractivity contribution in [3.05, 3.63) is 52.0 Å². The van der Waals surface area contributed by atoms with E-state index in [0.717, 1.165) is 10.2 Å². The molecule has 1 nitrogen and oxygen atoms in total. The molecule has 0 unspecified atom stereocenters. The summed E-state index contributed by atoms with van der Waals surface area (Å²) in [5.74, 6) is 0.886. The van der Waals surface area contributed by atoms with Crippen molar-refractivity contribution in [2.75, 3.05) is 7.11 Å². The Balaban J connectivity index is 2.11. The van der Waals surface area contributed by atoms with Crippen LogP contribution in [-0.4, -0.2) is 7.11 Å². The molecule has 4 rings (SSSR count). The Labute approximate surface area is 158 Å². The average Bonchev–Trinajstić information content (AvgIpc) is 2.57. The Morgan fingerprint density at radius 3 is 1.92 bits per heavy atom. The SMILES string of the molecule is COc1cc2c(ccc3cc4c(cc32)C(C)(C)CCC4(C)C)cc1Br. The van der Waals surface area contributed by atoms with Gasteiger partial charge in [0.25, 0.3) is 0 Å². The smallest absolute Gasteiger partial charge is 0.133 e. The number of hydrogen-bond donors (Lipinski definition) is 0. The van der Waals surface area contributed by atoms with Gasteiger partial charge in [-0.3, -0.25) is 0 Å². The van der Waals surface area contributed by atoms with Crippen LogP contribution >= 0.6 is 15.9 Å². The molecular formula is C23H25BrO. The van der Waals surface area contributed by atoms with Crippen LogP contribution in [0.1, 0.15) is 51.7 Å². The fourth-order valence-electron chi connectivity index (χ4n) is 4.28. The molecule has 0 saturated carbocycles. The predicted molar refractivity (Wildman–Crippen MR) is 111 cm³/mol. The van der Waals surface area contributed by atoms with Gasteiger partial charge in [-0.2, -0.15) is 0 Å². The Kier molecular flexibility index (Phi) is 3.70. The Bertz CT molecular complexity index is 998. The van der Waals surface area contributed by atoms with Crippen LogP contribution in [0.3, 0.4) is 0 Å². The molecule has 1 aliphatic carbocycles. The fraction of sp³-hybridized carbons (Fsp3) is 0.391. The Hall–Kier alpha value is -1.54. The van der Waals surface area contributed by atoms with Crippen LogP contribution in [0, 0.1) is 0 Å². The van der Waals surface area contributed by atoms with Crippen molar-refractivity contribution in [3.8, 4) is 5.75 Å². The van der Waals surface area contributed by atoms with Gasteiger partial charge in [-0.15, -0.1) is 0 Å². The second-order valence-electron chi connectivity index (χ2n) is 8.66. The highest BCUT2D eigenvalue weighted by molar-refractivity contribution is 9.10. The summed E-state index contributed by atoms with van der Waals surface area (Å²) < 4.78 is 6.54. The Morgan fingerprint density at radius 1 is 0.800 bits per heavy atom. The van der Waals surface area contributed by atoms with E-state index >= 15 is 0 Å². The van der Waals surface area contributed by atoms with Gasteiger partial charge in [0.2, 0.25) is 0 Å². The normalized spacial score (nSPS) is 18.3. The molecule has 0 spiro atoms. The van der Waals surface area contributed by atoms with Crippen molar-refractivity contribution in [2.45, 2.75) is 51.4 Å². The van der Waals surface area contributed by atoms with E-state index in [9.17, 15) is 0 Å². The molecule has 1 aliphatic rings. The third kappa shape index (κ3) is 2.57. The van der Waals surface area contributed by atoms with E-state index in [-0.39, 0.29) is 10.8 Å². The number of fused-ring (bicyclic) bond motifs is 4. The minimum Gasteiger partial charge on any atom is -0.496 e. The zero-order chi connectivity index (χ0) is 18.0. The lowest BCUT2D eigenvalue weighted by Gasteiger charge is -2.42. The standard InChI is InChI=1S/C23H25BrO/c1-22(2)8-9-23(3,4)19-12-16-14(10-18(19)22)6-7-15-11-20(24)21(25-5)13-17(15)16/h6-7,10-13H,8-9H2,1-5H3. The third-order valence-electron chi connectivity index (χ3n) is 6.08. The van der Waals surface area contributed by atoms with Crippen molar-refractivity contribution in [2.24, 2.45) is 0 Å². The molecule has 0 N–H and O–H groups in total. The highest BCUT2D eigenvalue weighted by Gasteiger charge is 2.37. The molecule has 0 amide bonds. The van der Waals surface area contributed by atoms with Gasteiger partial charge in [0, 0.05) is 0 Å². The first kappa shape index (κ1) is 16.9. The van der Waals surface area contributed by atoms with Crippen LogP contribution in [0.15, 0.2) is 40.9 Å². The summed E-state index contributed by atoms with van der Waals surface area (Å²) >= 11 is 3.61. The first-order valence-corrected chi connectivity index (χ1v) is 9.77. The van der Waals surface area contributed by atoms with E-state index in [4.69, 9.17) is 4.74 Å². The number of halogens is 1.